The number of nitrogens with zero attached hydrogens (tertiary/aromatic N) is 2. The molecule has 3 aromatic rings. The van der Waals surface area contributed by atoms with Crippen LogP contribution in [-0.2, 0) is 4.74 Å². The van der Waals surface area contributed by atoms with E-state index >= 15 is 0 Å². The van der Waals surface area contributed by atoms with Gasteiger partial charge in [0.25, 0.3) is 0 Å². The van der Waals surface area contributed by atoms with E-state index in [-0.39, 0.29) is 23.7 Å². The van der Waals surface area contributed by atoms with E-state index in [1.807, 2.05) is 30.3 Å². The van der Waals surface area contributed by atoms with Crippen molar-refractivity contribution in [3.05, 3.63) is 48.2 Å². The molecule has 1 heterocycles. The molecule has 22 heavy (non-hydrogen) atoms. The Kier molecular flexibility index (Phi) is 3.42. The normalized spacial score (nSPS) is 10.8. The van der Waals surface area contributed by atoms with E-state index in [1.54, 1.807) is 11.6 Å². The zero-order valence-corrected chi connectivity index (χ0v) is 11.9. The Labute approximate surface area is 126 Å². The lowest BCUT2D eigenvalue weighted by molar-refractivity contribution is 0.0520. The van der Waals surface area contributed by atoms with E-state index in [0.29, 0.717) is 10.9 Å². The molecule has 0 aliphatic rings. The highest BCUT2D eigenvalue weighted by atomic mass is 16.5. The monoisotopic (exact) mass is 298 g/mol. The summed E-state index contributed by atoms with van der Waals surface area (Å²) in [6.45, 7) is 1.80. The van der Waals surface area contributed by atoms with Gasteiger partial charge in [-0.3, -0.25) is 0 Å². The summed E-state index contributed by atoms with van der Waals surface area (Å²) >= 11 is 0. The fraction of sp³-hybridized carbons (Fsp3) is 0.125. The van der Waals surface area contributed by atoms with Gasteiger partial charge in [0.05, 0.1) is 29.4 Å². The minimum absolute atomic E-state index is 0.152. The van der Waals surface area contributed by atoms with E-state index in [2.05, 4.69) is 5.10 Å². The first kappa shape index (κ1) is 13.9. The van der Waals surface area contributed by atoms with Gasteiger partial charge in [-0.25, -0.2) is 9.48 Å². The van der Waals surface area contributed by atoms with Gasteiger partial charge in [0.1, 0.15) is 17.1 Å². The molecule has 112 valence electrons. The molecule has 0 saturated carbocycles. The van der Waals surface area contributed by atoms with Crippen molar-refractivity contribution in [3.8, 4) is 17.2 Å². The zero-order valence-electron chi connectivity index (χ0n) is 11.9. The molecule has 1 aromatic heterocycles. The van der Waals surface area contributed by atoms with Crippen LogP contribution in [0.4, 0.5) is 0 Å². The second kappa shape index (κ2) is 5.40. The quantitative estimate of drug-likeness (QED) is 0.726. The topological polar surface area (TPSA) is 84.6 Å². The van der Waals surface area contributed by atoms with Crippen LogP contribution in [0, 0.1) is 0 Å². The Bertz CT molecular complexity index is 840. The van der Waals surface area contributed by atoms with Crippen molar-refractivity contribution < 1.29 is 19.7 Å². The average molecular weight is 298 g/mol. The first-order chi connectivity index (χ1) is 10.6. The molecule has 0 spiro atoms. The van der Waals surface area contributed by atoms with Crippen LogP contribution < -0.4 is 0 Å². The van der Waals surface area contributed by atoms with Crippen LogP contribution in [-0.4, -0.2) is 32.6 Å². The first-order valence-electron chi connectivity index (χ1n) is 6.78. The van der Waals surface area contributed by atoms with Crippen molar-refractivity contribution in [2.75, 3.05) is 6.61 Å². The minimum atomic E-state index is -0.771. The average Bonchev–Trinajstić information content (AvgIpc) is 2.92. The third-order valence-electron chi connectivity index (χ3n) is 3.31. The summed E-state index contributed by atoms with van der Waals surface area (Å²) in [5, 5.41) is 24.9. The lowest BCUT2D eigenvalue weighted by Crippen LogP contribution is -2.05. The number of carbonyl (C=O) groups is 1. The van der Waals surface area contributed by atoms with Crippen LogP contribution in [0.2, 0.25) is 0 Å². The summed E-state index contributed by atoms with van der Waals surface area (Å²) in [6.07, 6.45) is 1.44. The van der Waals surface area contributed by atoms with Gasteiger partial charge in [-0.1, -0.05) is 18.2 Å². The predicted octanol–water partition coefficient (Wildman–Crippen LogP) is 2.61. The second-order valence-electron chi connectivity index (χ2n) is 4.66. The van der Waals surface area contributed by atoms with E-state index in [1.165, 1.54) is 12.3 Å². The number of rotatable bonds is 3. The lowest BCUT2D eigenvalue weighted by atomic mass is 10.1. The van der Waals surface area contributed by atoms with Crippen LogP contribution in [0.1, 0.15) is 17.3 Å². The second-order valence-corrected chi connectivity index (χ2v) is 4.66. The van der Waals surface area contributed by atoms with Gasteiger partial charge in [0, 0.05) is 6.07 Å². The van der Waals surface area contributed by atoms with Crippen LogP contribution >= 0.6 is 0 Å². The molecule has 2 aromatic carbocycles. The number of esters is 1. The molecule has 0 amide bonds. The molecule has 0 aliphatic heterocycles. The maximum Gasteiger partial charge on any atom is 0.345 e. The largest absolute Gasteiger partial charge is 0.507 e. The molecular formula is C16H14N2O4. The number of para-hydroxylation sites is 1. The highest BCUT2D eigenvalue weighted by Crippen LogP contribution is 2.36. The Hall–Kier alpha value is -3.02. The fourth-order valence-electron chi connectivity index (χ4n) is 2.32. The van der Waals surface area contributed by atoms with Crippen molar-refractivity contribution in [1.82, 2.24) is 9.78 Å². The molecule has 0 aliphatic carbocycles. The number of aromatic nitrogens is 2. The number of carbonyl (C=O) groups excluding carboxylic acids is 1. The molecule has 6 heteroatoms. The number of aromatic hydroxyl groups is 2. The molecule has 0 saturated heterocycles. The van der Waals surface area contributed by atoms with Gasteiger partial charge in [0.2, 0.25) is 0 Å². The minimum Gasteiger partial charge on any atom is -0.507 e. The molecular weight excluding hydrogens is 284 g/mol. The van der Waals surface area contributed by atoms with Crippen molar-refractivity contribution in [2.24, 2.45) is 0 Å². The van der Waals surface area contributed by atoms with Crippen molar-refractivity contribution in [1.29, 1.82) is 0 Å². The Morgan fingerprint density at radius 2 is 2.00 bits per heavy atom. The maximum atomic E-state index is 11.8. The maximum absolute atomic E-state index is 11.8. The first-order valence-corrected chi connectivity index (χ1v) is 6.78. The summed E-state index contributed by atoms with van der Waals surface area (Å²) in [7, 11) is 0. The molecule has 2 N–H and O–H groups in total. The van der Waals surface area contributed by atoms with E-state index in [9.17, 15) is 15.0 Å². The molecule has 0 radical (unpaired) electrons. The number of ether oxygens (including phenoxy) is 1. The molecule has 6 nitrogen and oxygen atoms in total. The van der Waals surface area contributed by atoms with E-state index < -0.39 is 5.97 Å². The number of phenols is 2. The van der Waals surface area contributed by atoms with Crippen LogP contribution in [0.25, 0.3) is 16.6 Å². The molecule has 0 unspecified atom stereocenters. The van der Waals surface area contributed by atoms with Gasteiger partial charge >= 0.3 is 5.97 Å². The number of phenolic OH excluding ortho intramolecular Hbond substituents is 2. The number of benzene rings is 2. The van der Waals surface area contributed by atoms with Crippen molar-refractivity contribution in [3.63, 3.8) is 0 Å². The van der Waals surface area contributed by atoms with Gasteiger partial charge < -0.3 is 14.9 Å². The highest BCUT2D eigenvalue weighted by molar-refractivity contribution is 6.03. The standard InChI is InChI=1S/C16H14N2O4/c1-2-22-16(21)14-13(19)8-12-11(15(14)20)9-17-18(12)10-6-4-3-5-7-10/h3-9,19-20H,2H2,1H3. The Morgan fingerprint density at radius 1 is 1.27 bits per heavy atom. The van der Waals surface area contributed by atoms with Crippen LogP contribution in [0.15, 0.2) is 42.6 Å². The van der Waals surface area contributed by atoms with Gasteiger partial charge in [-0.2, -0.15) is 5.10 Å². The smallest absolute Gasteiger partial charge is 0.345 e. The highest BCUT2D eigenvalue weighted by Gasteiger charge is 2.22. The Morgan fingerprint density at radius 3 is 2.68 bits per heavy atom. The van der Waals surface area contributed by atoms with Crippen molar-refractivity contribution in [2.45, 2.75) is 6.92 Å². The summed E-state index contributed by atoms with van der Waals surface area (Å²) in [4.78, 5) is 11.8. The number of fused-ring (bicyclic) bond motifs is 1. The number of hydrogen-bond acceptors (Lipinski definition) is 5. The van der Waals surface area contributed by atoms with Crippen molar-refractivity contribution >= 4 is 16.9 Å². The summed E-state index contributed by atoms with van der Waals surface area (Å²) in [6, 6.07) is 10.7. The summed E-state index contributed by atoms with van der Waals surface area (Å²) in [5.41, 5.74) is 1.02. The summed E-state index contributed by atoms with van der Waals surface area (Å²) < 4.78 is 6.42. The van der Waals surface area contributed by atoms with E-state index in [0.717, 1.165) is 5.69 Å². The third-order valence-corrected chi connectivity index (χ3v) is 3.31. The van der Waals surface area contributed by atoms with Gasteiger partial charge in [-0.15, -0.1) is 0 Å². The predicted molar refractivity (Wildman–Crippen MR) is 80.4 cm³/mol. The van der Waals surface area contributed by atoms with E-state index in [4.69, 9.17) is 4.74 Å². The summed E-state index contributed by atoms with van der Waals surface area (Å²) in [5.74, 6) is -1.45. The third kappa shape index (κ3) is 2.14. The van der Waals surface area contributed by atoms with Crippen LogP contribution in [0.3, 0.4) is 0 Å². The van der Waals surface area contributed by atoms with Gasteiger partial charge in [-0.05, 0) is 19.1 Å². The van der Waals surface area contributed by atoms with Gasteiger partial charge in [0.15, 0.2) is 0 Å². The zero-order chi connectivity index (χ0) is 15.7. The fourth-order valence-corrected chi connectivity index (χ4v) is 2.32. The molecule has 0 atom stereocenters. The lowest BCUT2D eigenvalue weighted by Gasteiger charge is -2.09. The van der Waals surface area contributed by atoms with Crippen LogP contribution in [0.5, 0.6) is 11.5 Å². The molecule has 3 rings (SSSR count). The SMILES string of the molecule is CCOC(=O)c1c(O)cc2c(cnn2-c2ccccc2)c1O. The number of hydrogen-bond donors (Lipinski definition) is 2. The molecule has 0 bridgehead atoms. The molecule has 0 fully saturated rings. The Balaban J connectivity index is 2.21.